The first kappa shape index (κ1) is 16.2. The van der Waals surface area contributed by atoms with Gasteiger partial charge in [0.05, 0.1) is 18.7 Å². The number of benzene rings is 2. The Morgan fingerprint density at radius 1 is 1.12 bits per heavy atom. The number of amidine groups is 1. The number of carbonyl (C=O) groups is 2. The van der Waals surface area contributed by atoms with Crippen LogP contribution in [0.25, 0.3) is 0 Å². The number of nitrogens with zero attached hydrogens (tertiary/aromatic N) is 2. The highest BCUT2D eigenvalue weighted by Crippen LogP contribution is 2.27. The van der Waals surface area contributed by atoms with Gasteiger partial charge in [-0.3, -0.25) is 9.59 Å². The molecule has 1 aliphatic rings. The van der Waals surface area contributed by atoms with Crippen LogP contribution in [0.15, 0.2) is 53.5 Å². The van der Waals surface area contributed by atoms with Crippen molar-refractivity contribution >= 4 is 17.6 Å². The van der Waals surface area contributed by atoms with Crippen LogP contribution in [0.2, 0.25) is 0 Å². The molecule has 0 saturated heterocycles. The molecule has 0 saturated carbocycles. The average Bonchev–Trinajstić information content (AvgIpc) is 2.64. The van der Waals surface area contributed by atoms with Crippen molar-refractivity contribution < 1.29 is 19.1 Å². The van der Waals surface area contributed by atoms with Crippen LogP contribution in [-0.4, -0.2) is 30.9 Å². The molecule has 1 unspecified atom stereocenters. The van der Waals surface area contributed by atoms with E-state index in [0.29, 0.717) is 16.9 Å². The summed E-state index contributed by atoms with van der Waals surface area (Å²) in [5, 5.41) is 11.5. The van der Waals surface area contributed by atoms with E-state index < -0.39 is 17.9 Å². The number of nitrogens with one attached hydrogen (secondary N) is 1. The molecule has 0 bridgehead atoms. The smallest absolute Gasteiger partial charge is 0.298 e. The number of ether oxygens (including phenoxy) is 2. The van der Waals surface area contributed by atoms with Gasteiger partial charge in [-0.15, -0.1) is 0 Å². The highest BCUT2D eigenvalue weighted by molar-refractivity contribution is 6.22. The Bertz CT molecular complexity index is 915. The van der Waals surface area contributed by atoms with Crippen LogP contribution < -0.4 is 14.8 Å². The maximum atomic E-state index is 12.3. The second-order valence-corrected chi connectivity index (χ2v) is 5.13. The number of aliphatic imine (C=N–C) groups is 1. The van der Waals surface area contributed by atoms with Crippen molar-refractivity contribution in [3.05, 3.63) is 59.7 Å². The van der Waals surface area contributed by atoms with E-state index in [-0.39, 0.29) is 11.6 Å². The van der Waals surface area contributed by atoms with Gasteiger partial charge in [0.15, 0.2) is 11.5 Å². The number of nitriles is 1. The SMILES string of the molecule is COc1ccccc1OC1C(=O)N=C(c2cccc(C#N)c2)NC1=O. The van der Waals surface area contributed by atoms with Crippen LogP contribution >= 0.6 is 0 Å². The van der Waals surface area contributed by atoms with Gasteiger partial charge in [0, 0.05) is 5.56 Å². The van der Waals surface area contributed by atoms with E-state index in [1.807, 2.05) is 6.07 Å². The minimum atomic E-state index is -1.40. The molecule has 0 aromatic heterocycles. The van der Waals surface area contributed by atoms with Gasteiger partial charge >= 0.3 is 0 Å². The molecule has 2 aromatic rings. The summed E-state index contributed by atoms with van der Waals surface area (Å²) in [7, 11) is 1.46. The summed E-state index contributed by atoms with van der Waals surface area (Å²) in [5.41, 5.74) is 0.866. The standard InChI is InChI=1S/C18H13N3O4/c1-24-13-7-2-3-8-14(13)25-15-17(22)20-16(21-18(15)23)12-6-4-5-11(9-12)10-19/h2-9,15H,1H3,(H,20,21,22,23). The molecule has 1 atom stereocenters. The summed E-state index contributed by atoms with van der Waals surface area (Å²) in [5.74, 6) is -0.606. The Morgan fingerprint density at radius 2 is 1.88 bits per heavy atom. The van der Waals surface area contributed by atoms with Gasteiger partial charge in [-0.1, -0.05) is 24.3 Å². The molecule has 1 heterocycles. The van der Waals surface area contributed by atoms with Crippen molar-refractivity contribution in [3.63, 3.8) is 0 Å². The molecule has 7 heteroatoms. The molecule has 0 spiro atoms. The van der Waals surface area contributed by atoms with E-state index in [0.717, 1.165) is 0 Å². The molecule has 2 amide bonds. The lowest BCUT2D eigenvalue weighted by Crippen LogP contribution is -2.50. The van der Waals surface area contributed by atoms with E-state index in [1.165, 1.54) is 13.2 Å². The molecule has 3 rings (SSSR count). The van der Waals surface area contributed by atoms with Gasteiger partial charge in [0.1, 0.15) is 5.84 Å². The highest BCUT2D eigenvalue weighted by Gasteiger charge is 2.35. The number of methoxy groups -OCH3 is 1. The first-order valence-electron chi connectivity index (χ1n) is 7.36. The summed E-state index contributed by atoms with van der Waals surface area (Å²) in [4.78, 5) is 28.5. The summed E-state index contributed by atoms with van der Waals surface area (Å²) < 4.78 is 10.6. The number of hydrogen-bond donors (Lipinski definition) is 1. The van der Waals surface area contributed by atoms with Crippen molar-refractivity contribution in [3.8, 4) is 17.6 Å². The van der Waals surface area contributed by atoms with E-state index in [4.69, 9.17) is 14.7 Å². The zero-order valence-corrected chi connectivity index (χ0v) is 13.2. The van der Waals surface area contributed by atoms with Gasteiger partial charge in [-0.25, -0.2) is 0 Å². The molecule has 124 valence electrons. The Labute approximate surface area is 143 Å². The molecule has 2 aromatic carbocycles. The van der Waals surface area contributed by atoms with Gasteiger partial charge in [-0.05, 0) is 24.3 Å². The molecular formula is C18H13N3O4. The third kappa shape index (κ3) is 3.33. The van der Waals surface area contributed by atoms with Gasteiger partial charge < -0.3 is 14.8 Å². The molecule has 1 aliphatic heterocycles. The van der Waals surface area contributed by atoms with Gasteiger partial charge in [-0.2, -0.15) is 10.3 Å². The summed E-state index contributed by atoms with van der Waals surface area (Å²) in [6.07, 6.45) is -1.40. The summed E-state index contributed by atoms with van der Waals surface area (Å²) in [6, 6.07) is 15.1. The molecular weight excluding hydrogens is 322 g/mol. The maximum Gasteiger partial charge on any atom is 0.298 e. The lowest BCUT2D eigenvalue weighted by atomic mass is 10.1. The number of para-hydroxylation sites is 2. The lowest BCUT2D eigenvalue weighted by molar-refractivity contribution is -0.137. The number of amides is 2. The molecule has 1 N–H and O–H groups in total. The number of carbonyl (C=O) groups excluding carboxylic acids is 2. The zero-order valence-electron chi connectivity index (χ0n) is 13.2. The molecule has 7 nitrogen and oxygen atoms in total. The predicted molar refractivity (Wildman–Crippen MR) is 88.3 cm³/mol. The fourth-order valence-corrected chi connectivity index (χ4v) is 2.31. The van der Waals surface area contributed by atoms with Crippen molar-refractivity contribution in [2.45, 2.75) is 6.10 Å². The topological polar surface area (TPSA) is 101 Å². The van der Waals surface area contributed by atoms with Crippen molar-refractivity contribution in [2.75, 3.05) is 7.11 Å². The van der Waals surface area contributed by atoms with Gasteiger partial charge in [0.2, 0.25) is 0 Å². The molecule has 25 heavy (non-hydrogen) atoms. The van der Waals surface area contributed by atoms with E-state index in [1.54, 1.807) is 42.5 Å². The second-order valence-electron chi connectivity index (χ2n) is 5.13. The van der Waals surface area contributed by atoms with Crippen molar-refractivity contribution in [2.24, 2.45) is 4.99 Å². The summed E-state index contributed by atoms with van der Waals surface area (Å²) >= 11 is 0. The molecule has 0 radical (unpaired) electrons. The third-order valence-corrected chi connectivity index (χ3v) is 3.51. The monoisotopic (exact) mass is 335 g/mol. The van der Waals surface area contributed by atoms with Crippen LogP contribution in [0, 0.1) is 11.3 Å². The molecule has 0 fully saturated rings. The Kier molecular flexibility index (Phi) is 4.44. The molecule has 0 aliphatic carbocycles. The predicted octanol–water partition coefficient (Wildman–Crippen LogP) is 1.42. The number of hydrogen-bond acceptors (Lipinski definition) is 5. The minimum Gasteiger partial charge on any atom is -0.493 e. The fourth-order valence-electron chi connectivity index (χ4n) is 2.31. The van der Waals surface area contributed by atoms with Crippen LogP contribution in [0.4, 0.5) is 0 Å². The first-order valence-corrected chi connectivity index (χ1v) is 7.36. The maximum absolute atomic E-state index is 12.3. The fraction of sp³-hybridized carbons (Fsp3) is 0.111. The van der Waals surface area contributed by atoms with E-state index in [2.05, 4.69) is 10.3 Å². The highest BCUT2D eigenvalue weighted by atomic mass is 16.5. The van der Waals surface area contributed by atoms with E-state index in [9.17, 15) is 9.59 Å². The number of rotatable bonds is 4. The van der Waals surface area contributed by atoms with Crippen LogP contribution in [0.5, 0.6) is 11.5 Å². The Balaban J connectivity index is 1.86. The lowest BCUT2D eigenvalue weighted by Gasteiger charge is -2.22. The second kappa shape index (κ2) is 6.84. The van der Waals surface area contributed by atoms with Gasteiger partial charge in [0.25, 0.3) is 17.9 Å². The minimum absolute atomic E-state index is 0.0898. The largest absolute Gasteiger partial charge is 0.493 e. The Hall–Kier alpha value is -3.66. The first-order chi connectivity index (χ1) is 12.1. The van der Waals surface area contributed by atoms with Crippen LogP contribution in [0.1, 0.15) is 11.1 Å². The quantitative estimate of drug-likeness (QED) is 0.852. The Morgan fingerprint density at radius 3 is 2.56 bits per heavy atom. The van der Waals surface area contributed by atoms with Crippen LogP contribution in [-0.2, 0) is 9.59 Å². The normalized spacial score (nSPS) is 16.5. The van der Waals surface area contributed by atoms with E-state index >= 15 is 0 Å². The third-order valence-electron chi connectivity index (χ3n) is 3.51. The van der Waals surface area contributed by atoms with Crippen molar-refractivity contribution in [1.29, 1.82) is 5.26 Å². The zero-order chi connectivity index (χ0) is 17.8. The average molecular weight is 335 g/mol. The summed E-state index contributed by atoms with van der Waals surface area (Å²) in [6.45, 7) is 0. The van der Waals surface area contributed by atoms with Crippen LogP contribution in [0.3, 0.4) is 0 Å². The van der Waals surface area contributed by atoms with Crippen molar-refractivity contribution in [1.82, 2.24) is 5.32 Å².